The third kappa shape index (κ3) is 11.9. The van der Waals surface area contributed by atoms with Gasteiger partial charge in [-0.05, 0) is 121 Å². The van der Waals surface area contributed by atoms with E-state index in [0.717, 1.165) is 133 Å². The molecule has 0 N–H and O–H groups in total. The van der Waals surface area contributed by atoms with Crippen molar-refractivity contribution in [1.29, 1.82) is 0 Å². The number of anilines is 6. The van der Waals surface area contributed by atoms with Crippen molar-refractivity contribution in [3.63, 3.8) is 0 Å². The third-order valence-corrected chi connectivity index (χ3v) is 22.5. The number of hydrogen-bond donors (Lipinski definition) is 0. The molecule has 0 saturated carbocycles. The summed E-state index contributed by atoms with van der Waals surface area (Å²) in [5.41, 5.74) is 20.3. The van der Waals surface area contributed by atoms with E-state index in [1.54, 1.807) is 11.3 Å². The van der Waals surface area contributed by atoms with E-state index in [1.807, 2.05) is 103 Å². The molecule has 0 fully saturated rings. The van der Waals surface area contributed by atoms with Gasteiger partial charge in [0.15, 0.2) is 40.5 Å². The van der Waals surface area contributed by atoms with Gasteiger partial charge in [0, 0.05) is 110 Å². The van der Waals surface area contributed by atoms with Gasteiger partial charge in [-0.2, -0.15) is 0 Å². The molecule has 536 valence electrons. The number of benzene rings is 16. The van der Waals surface area contributed by atoms with Crippen LogP contribution in [0.3, 0.4) is 0 Å². The van der Waals surface area contributed by atoms with Crippen LogP contribution in [0.15, 0.2) is 405 Å². The van der Waals surface area contributed by atoms with Gasteiger partial charge in [-0.1, -0.05) is 279 Å². The highest BCUT2D eigenvalue weighted by molar-refractivity contribution is 7.26. The van der Waals surface area contributed by atoms with Crippen LogP contribution in [0.1, 0.15) is 0 Å². The Bertz CT molecular complexity index is 6710. The van der Waals surface area contributed by atoms with Crippen molar-refractivity contribution in [3.05, 3.63) is 400 Å². The second-order valence-electron chi connectivity index (χ2n) is 28.1. The summed E-state index contributed by atoms with van der Waals surface area (Å²) >= 11 is 1.80. The van der Waals surface area contributed by atoms with Gasteiger partial charge in [0.2, 0.25) is 0 Å². The molecule has 22 aromatic rings. The van der Waals surface area contributed by atoms with Crippen LogP contribution in [0, 0.1) is 0 Å². The maximum Gasteiger partial charge on any atom is 0.167 e. The first-order valence-corrected chi connectivity index (χ1v) is 38.9. The lowest BCUT2D eigenvalue weighted by atomic mass is 10.1. The Morgan fingerprint density at radius 2 is 0.518 bits per heavy atom. The van der Waals surface area contributed by atoms with Crippen LogP contribution in [0.5, 0.6) is 0 Å². The van der Waals surface area contributed by atoms with Crippen LogP contribution in [-0.4, -0.2) is 39.0 Å². The van der Waals surface area contributed by atoms with Crippen LogP contribution in [0.4, 0.5) is 34.1 Å². The zero-order chi connectivity index (χ0) is 75.4. The molecule has 0 atom stereocenters. The van der Waals surface area contributed by atoms with Crippen LogP contribution < -0.4 is 9.80 Å². The number of hydrogen-bond acceptors (Lipinski definition) is 10. The van der Waals surface area contributed by atoms with E-state index in [0.29, 0.717) is 34.9 Å². The van der Waals surface area contributed by atoms with Crippen molar-refractivity contribution < 1.29 is 4.42 Å². The molecule has 11 nitrogen and oxygen atoms in total. The molecule has 0 amide bonds. The summed E-state index contributed by atoms with van der Waals surface area (Å²) in [5, 5.41) is 9.13. The quantitative estimate of drug-likeness (QED) is 0.105. The smallest absolute Gasteiger partial charge is 0.167 e. The predicted octanol–water partition coefficient (Wildman–Crippen LogP) is 27.1. The van der Waals surface area contributed by atoms with Crippen LogP contribution in [0.25, 0.3) is 165 Å². The molecule has 0 aliphatic carbocycles. The van der Waals surface area contributed by atoms with E-state index in [9.17, 15) is 0 Å². The Morgan fingerprint density at radius 1 is 0.211 bits per heavy atom. The third-order valence-electron chi connectivity index (χ3n) is 21.3. The van der Waals surface area contributed by atoms with Crippen molar-refractivity contribution in [3.8, 4) is 79.7 Å². The molecule has 0 bridgehead atoms. The van der Waals surface area contributed by atoms with Gasteiger partial charge in [0.05, 0.1) is 43.7 Å². The molecule has 0 saturated heterocycles. The maximum atomic E-state index is 7.03. The largest absolute Gasteiger partial charge is 0.453 e. The predicted molar refractivity (Wildman–Crippen MR) is 470 cm³/mol. The minimum Gasteiger partial charge on any atom is -0.453 e. The molecular formula is C102H66N10OS. The number of fused-ring (bicyclic) bond motifs is 12. The molecular weight excluding hydrogens is 1410 g/mol. The minimum absolute atomic E-state index is 0.555. The molecule has 16 aromatic carbocycles. The molecule has 6 heterocycles. The van der Waals surface area contributed by atoms with Crippen LogP contribution in [0.2, 0.25) is 0 Å². The lowest BCUT2D eigenvalue weighted by molar-refractivity contribution is 0.667. The molecule has 0 radical (unpaired) electrons. The number of rotatable bonds is 14. The van der Waals surface area contributed by atoms with Crippen LogP contribution >= 0.6 is 11.3 Å². The molecule has 22 rings (SSSR count). The fourth-order valence-corrected chi connectivity index (χ4v) is 17.4. The Balaban J connectivity index is 0.000000143. The fraction of sp³-hybridized carbons (Fsp3) is 0. The van der Waals surface area contributed by atoms with E-state index >= 15 is 0 Å². The second-order valence-corrected chi connectivity index (χ2v) is 29.1. The Morgan fingerprint density at radius 3 is 0.947 bits per heavy atom. The highest BCUT2D eigenvalue weighted by Crippen LogP contribution is 2.48. The van der Waals surface area contributed by atoms with E-state index in [4.69, 9.17) is 34.3 Å². The molecule has 0 aliphatic rings. The molecule has 0 spiro atoms. The van der Waals surface area contributed by atoms with Gasteiger partial charge in [0.25, 0.3) is 0 Å². The summed E-state index contributed by atoms with van der Waals surface area (Å²) in [4.78, 5) is 34.8. The Labute approximate surface area is 660 Å². The standard InChI is InChI=1S/C51H33N5O.C51H33N5S/c2*1-5-17-34(18-6-1)49-52-50(35-19-7-2-8-20-35)54-51(53-49)42-28-15-26-40-41-27-16-30-46(48(41)57-47(40)42)56-44-29-14-13-25-39(44)43-33-38(31-32-45(43)56)55(36-21-9-3-10-22-36)37-23-11-4-12-24-37/h2*1-33H. The van der Waals surface area contributed by atoms with E-state index < -0.39 is 0 Å². The number of furan rings is 1. The highest BCUT2D eigenvalue weighted by Gasteiger charge is 2.26. The van der Waals surface area contributed by atoms with Gasteiger partial charge in [0.1, 0.15) is 5.58 Å². The van der Waals surface area contributed by atoms with E-state index in [1.165, 1.54) is 31.8 Å². The van der Waals surface area contributed by atoms with Gasteiger partial charge >= 0.3 is 0 Å². The zero-order valence-corrected chi connectivity index (χ0v) is 62.2. The summed E-state index contributed by atoms with van der Waals surface area (Å²) in [6.07, 6.45) is 0. The summed E-state index contributed by atoms with van der Waals surface area (Å²) in [7, 11) is 0. The zero-order valence-electron chi connectivity index (χ0n) is 61.4. The average molecular weight is 1480 g/mol. The first-order chi connectivity index (χ1) is 56.6. The number of para-hydroxylation sites is 8. The maximum absolute atomic E-state index is 7.03. The summed E-state index contributed by atoms with van der Waals surface area (Å²) < 4.78 is 14.2. The Kier molecular flexibility index (Phi) is 16.8. The van der Waals surface area contributed by atoms with E-state index in [2.05, 4.69) is 316 Å². The number of nitrogens with zero attached hydrogens (tertiary/aromatic N) is 10. The summed E-state index contributed by atoms with van der Waals surface area (Å²) in [6.45, 7) is 0. The summed E-state index contributed by atoms with van der Waals surface area (Å²) in [6, 6.07) is 139. The van der Waals surface area contributed by atoms with Crippen LogP contribution in [-0.2, 0) is 0 Å². The molecule has 0 unspecified atom stereocenters. The van der Waals surface area contributed by atoms with E-state index in [-0.39, 0.29) is 0 Å². The monoisotopic (exact) mass is 1480 g/mol. The molecule has 12 heteroatoms. The lowest BCUT2D eigenvalue weighted by Crippen LogP contribution is -2.09. The fourth-order valence-electron chi connectivity index (χ4n) is 16.1. The lowest BCUT2D eigenvalue weighted by Gasteiger charge is -2.25. The SMILES string of the molecule is c1ccc(-c2nc(-c3ccccc3)nc(-c3cccc4c3oc3c(-n5c6ccccc6c6cc(N(c7ccccc7)c7ccccc7)ccc65)cccc34)n2)cc1.c1ccc(-c2nc(-c3ccccc3)nc(-c3cccc4c3sc3c(-n5c6ccccc6c6cc(N(c7ccccc7)c7ccccc7)ccc65)cccc34)n2)cc1. The Hall–Kier alpha value is -15.2. The van der Waals surface area contributed by atoms with Crippen molar-refractivity contribution >= 4 is 131 Å². The number of thiophene rings is 1. The highest BCUT2D eigenvalue weighted by atomic mass is 32.1. The van der Waals surface area contributed by atoms with Crippen molar-refractivity contribution in [2.24, 2.45) is 0 Å². The van der Waals surface area contributed by atoms with Crippen molar-refractivity contribution in [2.45, 2.75) is 0 Å². The van der Waals surface area contributed by atoms with Crippen molar-refractivity contribution in [1.82, 2.24) is 39.0 Å². The van der Waals surface area contributed by atoms with Gasteiger partial charge in [-0.15, -0.1) is 11.3 Å². The van der Waals surface area contributed by atoms with Gasteiger partial charge in [-0.25, -0.2) is 29.9 Å². The van der Waals surface area contributed by atoms with Gasteiger partial charge < -0.3 is 23.4 Å². The normalized spacial score (nSPS) is 11.5. The molecule has 114 heavy (non-hydrogen) atoms. The average Bonchev–Trinajstić information content (AvgIpc) is 1.57. The minimum atomic E-state index is 0.555. The topological polar surface area (TPSA) is 107 Å². The van der Waals surface area contributed by atoms with Crippen molar-refractivity contribution in [2.75, 3.05) is 9.80 Å². The number of aromatic nitrogens is 8. The van der Waals surface area contributed by atoms with Gasteiger partial charge in [-0.3, -0.25) is 0 Å². The first kappa shape index (κ1) is 66.9. The second kappa shape index (κ2) is 28.6. The summed E-state index contributed by atoms with van der Waals surface area (Å²) in [5.74, 6) is 3.74. The molecule has 0 aliphatic heterocycles. The molecule has 6 aromatic heterocycles. The first-order valence-electron chi connectivity index (χ1n) is 38.1.